The first-order valence-corrected chi connectivity index (χ1v) is 3.99. The van der Waals surface area contributed by atoms with Crippen LogP contribution in [0.5, 0.6) is 0 Å². The Hall–Kier alpha value is -1.26. The topological polar surface area (TPSA) is 79.5 Å². The lowest BCUT2D eigenvalue weighted by molar-refractivity contribution is -0.119. The molecule has 0 saturated heterocycles. The van der Waals surface area contributed by atoms with Crippen LogP contribution in [0.2, 0.25) is 0 Å². The molecule has 0 aromatic rings. The number of nitrogens with one attached hydrogen (secondary N) is 2. The van der Waals surface area contributed by atoms with Gasteiger partial charge in [0.25, 0.3) is 0 Å². The van der Waals surface area contributed by atoms with Crippen molar-refractivity contribution in [2.24, 2.45) is 10.7 Å². The van der Waals surface area contributed by atoms with Crippen molar-refractivity contribution < 1.29 is 4.79 Å². The lowest BCUT2D eigenvalue weighted by atomic mass is 10.6. The van der Waals surface area contributed by atoms with E-state index in [0.717, 1.165) is 12.8 Å². The van der Waals surface area contributed by atoms with Crippen molar-refractivity contribution >= 4 is 11.9 Å². The van der Waals surface area contributed by atoms with Crippen molar-refractivity contribution in [1.82, 2.24) is 10.6 Å². The molecule has 5 nitrogen and oxygen atoms in total. The molecule has 0 heterocycles. The van der Waals surface area contributed by atoms with Crippen molar-refractivity contribution in [3.63, 3.8) is 0 Å². The Bertz CT molecular complexity index is 198. The summed E-state index contributed by atoms with van der Waals surface area (Å²) in [5, 5.41) is 5.44. The van der Waals surface area contributed by atoms with Gasteiger partial charge in [-0.2, -0.15) is 0 Å². The maximum absolute atomic E-state index is 10.7. The van der Waals surface area contributed by atoms with Gasteiger partial charge in [-0.05, 0) is 12.8 Å². The Morgan fingerprint density at radius 1 is 1.67 bits per heavy atom. The molecule has 0 bridgehead atoms. The second kappa shape index (κ2) is 3.94. The van der Waals surface area contributed by atoms with E-state index in [1.807, 2.05) is 0 Å². The second-order valence-electron chi connectivity index (χ2n) is 2.79. The standard InChI is InChI=1S/C7H14N4O/c1-9-6(12)4-10-7(8)11-5-2-3-5/h5H,2-4H2,1H3,(H,9,12)(H3,8,10,11). The van der Waals surface area contributed by atoms with Crippen LogP contribution in [0.3, 0.4) is 0 Å². The van der Waals surface area contributed by atoms with Gasteiger partial charge in [-0.1, -0.05) is 0 Å². The lowest BCUT2D eigenvalue weighted by Crippen LogP contribution is -2.34. The minimum absolute atomic E-state index is 0.0993. The van der Waals surface area contributed by atoms with E-state index in [-0.39, 0.29) is 12.5 Å². The van der Waals surface area contributed by atoms with Crippen molar-refractivity contribution in [3.8, 4) is 0 Å². The molecule has 1 fully saturated rings. The molecule has 0 atom stereocenters. The summed E-state index contributed by atoms with van der Waals surface area (Å²) < 4.78 is 0. The summed E-state index contributed by atoms with van der Waals surface area (Å²) in [6.07, 6.45) is 2.30. The van der Waals surface area contributed by atoms with Gasteiger partial charge < -0.3 is 16.4 Å². The summed E-state index contributed by atoms with van der Waals surface area (Å²) in [7, 11) is 1.57. The van der Waals surface area contributed by atoms with E-state index < -0.39 is 0 Å². The number of nitrogens with two attached hydrogens (primary N) is 1. The molecule has 12 heavy (non-hydrogen) atoms. The van der Waals surface area contributed by atoms with Gasteiger partial charge in [-0.15, -0.1) is 0 Å². The van der Waals surface area contributed by atoms with Crippen LogP contribution < -0.4 is 16.4 Å². The number of guanidine groups is 1. The number of hydrogen-bond donors (Lipinski definition) is 3. The second-order valence-corrected chi connectivity index (χ2v) is 2.79. The van der Waals surface area contributed by atoms with Gasteiger partial charge in [0.15, 0.2) is 5.96 Å². The number of carbonyl (C=O) groups is 1. The molecule has 4 N–H and O–H groups in total. The highest BCUT2D eigenvalue weighted by atomic mass is 16.1. The average molecular weight is 170 g/mol. The monoisotopic (exact) mass is 170 g/mol. The maximum Gasteiger partial charge on any atom is 0.241 e. The van der Waals surface area contributed by atoms with E-state index >= 15 is 0 Å². The van der Waals surface area contributed by atoms with Crippen molar-refractivity contribution in [3.05, 3.63) is 0 Å². The van der Waals surface area contributed by atoms with E-state index in [1.54, 1.807) is 7.05 Å². The predicted molar refractivity (Wildman–Crippen MR) is 46.7 cm³/mol. The van der Waals surface area contributed by atoms with Gasteiger partial charge in [-0.25, -0.2) is 4.99 Å². The Kier molecular flexibility index (Phi) is 2.90. The molecule has 0 radical (unpaired) electrons. The van der Waals surface area contributed by atoms with E-state index in [9.17, 15) is 4.79 Å². The molecule has 0 aromatic heterocycles. The van der Waals surface area contributed by atoms with Crippen LogP contribution in [0.15, 0.2) is 4.99 Å². The third-order valence-electron chi connectivity index (χ3n) is 1.60. The predicted octanol–water partition coefficient (Wildman–Crippen LogP) is -1.20. The average Bonchev–Trinajstić information content (AvgIpc) is 2.84. The number of likely N-dealkylation sites (N-methyl/N-ethyl adjacent to an activating group) is 1. The van der Waals surface area contributed by atoms with Crippen LogP contribution in [-0.2, 0) is 4.79 Å². The van der Waals surface area contributed by atoms with Gasteiger partial charge in [0.1, 0.15) is 6.54 Å². The Morgan fingerprint density at radius 2 is 2.33 bits per heavy atom. The first kappa shape index (κ1) is 8.83. The zero-order valence-corrected chi connectivity index (χ0v) is 7.13. The molecule has 1 aliphatic rings. The van der Waals surface area contributed by atoms with Gasteiger partial charge in [0.05, 0.1) is 0 Å². The highest BCUT2D eigenvalue weighted by Crippen LogP contribution is 2.17. The molecule has 5 heteroatoms. The van der Waals surface area contributed by atoms with E-state index in [2.05, 4.69) is 15.6 Å². The number of rotatable bonds is 3. The maximum atomic E-state index is 10.7. The molecule has 1 aliphatic carbocycles. The normalized spacial score (nSPS) is 17.2. The third-order valence-corrected chi connectivity index (χ3v) is 1.60. The van der Waals surface area contributed by atoms with Crippen LogP contribution in [0, 0.1) is 0 Å². The van der Waals surface area contributed by atoms with Crippen LogP contribution in [0.1, 0.15) is 12.8 Å². The largest absolute Gasteiger partial charge is 0.370 e. The van der Waals surface area contributed by atoms with Crippen LogP contribution in [-0.4, -0.2) is 31.5 Å². The van der Waals surface area contributed by atoms with Crippen molar-refractivity contribution in [2.45, 2.75) is 18.9 Å². The Balaban J connectivity index is 2.19. The third kappa shape index (κ3) is 3.23. The molecule has 1 amide bonds. The first-order valence-electron chi connectivity index (χ1n) is 3.99. The van der Waals surface area contributed by atoms with Crippen LogP contribution in [0.4, 0.5) is 0 Å². The van der Waals surface area contributed by atoms with E-state index in [4.69, 9.17) is 5.73 Å². The molecule has 0 spiro atoms. The fourth-order valence-electron chi connectivity index (χ4n) is 0.718. The van der Waals surface area contributed by atoms with Gasteiger partial charge in [-0.3, -0.25) is 4.79 Å². The van der Waals surface area contributed by atoms with Gasteiger partial charge in [0.2, 0.25) is 5.91 Å². The summed E-state index contributed by atoms with van der Waals surface area (Å²) >= 11 is 0. The summed E-state index contributed by atoms with van der Waals surface area (Å²) in [5.41, 5.74) is 5.48. The number of aliphatic imine (C=N–C) groups is 1. The molecule has 68 valence electrons. The van der Waals surface area contributed by atoms with E-state index in [0.29, 0.717) is 12.0 Å². The molecule has 0 aliphatic heterocycles. The number of hydrogen-bond acceptors (Lipinski definition) is 2. The molecular weight excluding hydrogens is 156 g/mol. The molecule has 1 rings (SSSR count). The quantitative estimate of drug-likeness (QED) is 0.367. The Morgan fingerprint density at radius 3 is 2.83 bits per heavy atom. The number of nitrogens with zero attached hydrogens (tertiary/aromatic N) is 1. The lowest BCUT2D eigenvalue weighted by Gasteiger charge is -2.01. The SMILES string of the molecule is CNC(=O)CN=C(N)NC1CC1. The summed E-state index contributed by atoms with van der Waals surface area (Å²) in [6, 6.07) is 0.485. The highest BCUT2D eigenvalue weighted by molar-refractivity contribution is 5.84. The summed E-state index contributed by atoms with van der Waals surface area (Å²) in [6.45, 7) is 0.0993. The molecule has 1 saturated carbocycles. The number of carbonyl (C=O) groups excluding carboxylic acids is 1. The summed E-state index contributed by atoms with van der Waals surface area (Å²) in [5.74, 6) is 0.233. The van der Waals surface area contributed by atoms with Gasteiger partial charge in [0, 0.05) is 13.1 Å². The zero-order valence-electron chi connectivity index (χ0n) is 7.13. The van der Waals surface area contributed by atoms with Crippen LogP contribution >= 0.6 is 0 Å². The smallest absolute Gasteiger partial charge is 0.241 e. The minimum Gasteiger partial charge on any atom is -0.370 e. The highest BCUT2D eigenvalue weighted by Gasteiger charge is 2.21. The van der Waals surface area contributed by atoms with E-state index in [1.165, 1.54) is 0 Å². The van der Waals surface area contributed by atoms with Crippen molar-refractivity contribution in [2.75, 3.05) is 13.6 Å². The molecule has 0 unspecified atom stereocenters. The van der Waals surface area contributed by atoms with Crippen molar-refractivity contribution in [1.29, 1.82) is 0 Å². The fourth-order valence-corrected chi connectivity index (χ4v) is 0.718. The number of amides is 1. The zero-order chi connectivity index (χ0) is 8.97. The molecule has 0 aromatic carbocycles. The first-order chi connectivity index (χ1) is 5.72. The summed E-state index contributed by atoms with van der Waals surface area (Å²) in [4.78, 5) is 14.6. The minimum atomic E-state index is -0.129. The van der Waals surface area contributed by atoms with Gasteiger partial charge >= 0.3 is 0 Å². The fraction of sp³-hybridized carbons (Fsp3) is 0.714. The molecular formula is C7H14N4O. The van der Waals surface area contributed by atoms with Crippen LogP contribution in [0.25, 0.3) is 0 Å². The Labute approximate surface area is 71.4 Å².